The lowest BCUT2D eigenvalue weighted by atomic mass is 10.2. The van der Waals surface area contributed by atoms with Crippen LogP contribution in [0.4, 0.5) is 11.4 Å². The highest BCUT2D eigenvalue weighted by Gasteiger charge is 2.15. The number of nitrogens with zero attached hydrogens (tertiary/aromatic N) is 1. The SMILES string of the molecule is O=[N+]([O-])c1cc(CNNc2ccccc2)ccc1Sc1ccccc1. The average molecular weight is 351 g/mol. The molecule has 0 saturated heterocycles. The normalized spacial score (nSPS) is 10.4. The van der Waals surface area contributed by atoms with E-state index >= 15 is 0 Å². The Balaban J connectivity index is 1.69. The molecule has 0 saturated carbocycles. The van der Waals surface area contributed by atoms with Crippen LogP contribution < -0.4 is 10.9 Å². The van der Waals surface area contributed by atoms with E-state index in [4.69, 9.17) is 0 Å². The monoisotopic (exact) mass is 351 g/mol. The van der Waals surface area contributed by atoms with E-state index in [-0.39, 0.29) is 10.6 Å². The van der Waals surface area contributed by atoms with Crippen LogP contribution in [0.1, 0.15) is 5.56 Å². The fourth-order valence-electron chi connectivity index (χ4n) is 2.29. The summed E-state index contributed by atoms with van der Waals surface area (Å²) < 4.78 is 0. The Morgan fingerprint density at radius 1 is 0.920 bits per heavy atom. The van der Waals surface area contributed by atoms with E-state index in [0.717, 1.165) is 16.1 Å². The molecule has 3 rings (SSSR count). The van der Waals surface area contributed by atoms with Gasteiger partial charge in [0, 0.05) is 23.2 Å². The highest BCUT2D eigenvalue weighted by atomic mass is 32.2. The first kappa shape index (κ1) is 17.0. The summed E-state index contributed by atoms with van der Waals surface area (Å²) in [6.07, 6.45) is 0. The molecule has 3 aromatic carbocycles. The van der Waals surface area contributed by atoms with Crippen LogP contribution in [0, 0.1) is 10.1 Å². The minimum Gasteiger partial charge on any atom is -0.321 e. The largest absolute Gasteiger partial charge is 0.321 e. The number of rotatable bonds is 7. The Bertz CT molecular complexity index is 842. The molecule has 0 spiro atoms. The lowest BCUT2D eigenvalue weighted by molar-refractivity contribution is -0.387. The molecule has 0 fully saturated rings. The Morgan fingerprint density at radius 2 is 1.60 bits per heavy atom. The molecule has 0 atom stereocenters. The maximum atomic E-state index is 11.4. The summed E-state index contributed by atoms with van der Waals surface area (Å²) in [6.45, 7) is 0.478. The fraction of sp³-hybridized carbons (Fsp3) is 0.0526. The smallest absolute Gasteiger partial charge is 0.283 e. The van der Waals surface area contributed by atoms with Crippen molar-refractivity contribution in [3.63, 3.8) is 0 Å². The molecule has 5 nitrogen and oxygen atoms in total. The summed E-state index contributed by atoms with van der Waals surface area (Å²) in [5.74, 6) is 0. The number of hydrogen-bond acceptors (Lipinski definition) is 5. The molecule has 0 aliphatic carbocycles. The third-order valence-electron chi connectivity index (χ3n) is 3.49. The molecule has 0 aliphatic rings. The minimum atomic E-state index is -0.334. The first-order valence-electron chi connectivity index (χ1n) is 7.76. The van der Waals surface area contributed by atoms with Gasteiger partial charge in [0.15, 0.2) is 0 Å². The van der Waals surface area contributed by atoms with Gasteiger partial charge in [0.25, 0.3) is 5.69 Å². The van der Waals surface area contributed by atoms with Crippen molar-refractivity contribution in [1.29, 1.82) is 0 Å². The second kappa shape index (κ2) is 8.32. The Kier molecular flexibility index (Phi) is 5.66. The molecular weight excluding hydrogens is 334 g/mol. The molecule has 3 aromatic rings. The zero-order valence-electron chi connectivity index (χ0n) is 13.4. The van der Waals surface area contributed by atoms with Crippen molar-refractivity contribution >= 4 is 23.1 Å². The molecule has 0 unspecified atom stereocenters. The zero-order valence-corrected chi connectivity index (χ0v) is 14.2. The van der Waals surface area contributed by atoms with Gasteiger partial charge in [0.2, 0.25) is 0 Å². The van der Waals surface area contributed by atoms with Gasteiger partial charge >= 0.3 is 0 Å². The summed E-state index contributed by atoms with van der Waals surface area (Å²) >= 11 is 1.39. The summed E-state index contributed by atoms with van der Waals surface area (Å²) in [4.78, 5) is 12.7. The van der Waals surface area contributed by atoms with Gasteiger partial charge in [-0.25, -0.2) is 5.43 Å². The van der Waals surface area contributed by atoms with E-state index in [9.17, 15) is 10.1 Å². The number of para-hydroxylation sites is 1. The van der Waals surface area contributed by atoms with Crippen molar-refractivity contribution < 1.29 is 4.92 Å². The first-order chi connectivity index (χ1) is 12.2. The third kappa shape index (κ3) is 4.82. The van der Waals surface area contributed by atoms with Crippen LogP contribution in [-0.4, -0.2) is 4.92 Å². The summed E-state index contributed by atoms with van der Waals surface area (Å²) in [7, 11) is 0. The number of nitro groups is 1. The van der Waals surface area contributed by atoms with Gasteiger partial charge in [0.1, 0.15) is 0 Å². The fourth-order valence-corrected chi connectivity index (χ4v) is 3.21. The van der Waals surface area contributed by atoms with Crippen LogP contribution in [-0.2, 0) is 6.54 Å². The maximum absolute atomic E-state index is 11.4. The van der Waals surface area contributed by atoms with Gasteiger partial charge in [-0.2, -0.15) is 0 Å². The highest BCUT2D eigenvalue weighted by Crippen LogP contribution is 2.35. The standard InChI is InChI=1S/C19H17N3O2S/c23-22(24)18-13-15(14-20-21-16-7-3-1-4-8-16)11-12-19(18)25-17-9-5-2-6-10-17/h1-13,20-21H,14H2. The zero-order chi connectivity index (χ0) is 17.5. The van der Waals surface area contributed by atoms with Crippen molar-refractivity contribution in [2.75, 3.05) is 5.43 Å². The number of nitrogens with one attached hydrogen (secondary N) is 2. The van der Waals surface area contributed by atoms with Gasteiger partial charge in [-0.3, -0.25) is 10.1 Å². The average Bonchev–Trinajstić information content (AvgIpc) is 2.64. The lowest BCUT2D eigenvalue weighted by Gasteiger charge is -2.09. The topological polar surface area (TPSA) is 67.2 Å². The molecule has 0 radical (unpaired) electrons. The summed E-state index contributed by atoms with van der Waals surface area (Å²) in [5.41, 5.74) is 8.04. The number of hydrogen-bond donors (Lipinski definition) is 2. The second-order valence-electron chi connectivity index (χ2n) is 5.32. The van der Waals surface area contributed by atoms with Crippen molar-refractivity contribution in [1.82, 2.24) is 5.43 Å². The van der Waals surface area contributed by atoms with Crippen LogP contribution in [0.25, 0.3) is 0 Å². The third-order valence-corrected chi connectivity index (χ3v) is 4.56. The Morgan fingerprint density at radius 3 is 2.28 bits per heavy atom. The molecule has 0 bridgehead atoms. The first-order valence-corrected chi connectivity index (χ1v) is 8.58. The van der Waals surface area contributed by atoms with Crippen LogP contribution in [0.15, 0.2) is 88.7 Å². The Labute approximate surface area is 150 Å². The van der Waals surface area contributed by atoms with Gasteiger partial charge in [-0.1, -0.05) is 54.2 Å². The van der Waals surface area contributed by atoms with E-state index < -0.39 is 0 Å². The molecule has 0 heterocycles. The molecule has 0 amide bonds. The van der Waals surface area contributed by atoms with Crippen molar-refractivity contribution in [2.24, 2.45) is 0 Å². The lowest BCUT2D eigenvalue weighted by Crippen LogP contribution is -2.20. The van der Waals surface area contributed by atoms with Gasteiger partial charge in [-0.15, -0.1) is 0 Å². The number of nitro benzene ring substituents is 1. The Hall–Kier alpha value is -2.83. The minimum absolute atomic E-state index is 0.118. The summed E-state index contributed by atoms with van der Waals surface area (Å²) in [6, 6.07) is 24.6. The van der Waals surface area contributed by atoms with Crippen LogP contribution in [0.3, 0.4) is 0 Å². The van der Waals surface area contributed by atoms with E-state index in [1.807, 2.05) is 66.7 Å². The maximum Gasteiger partial charge on any atom is 0.283 e. The van der Waals surface area contributed by atoms with Crippen molar-refractivity contribution in [2.45, 2.75) is 16.3 Å². The van der Waals surface area contributed by atoms with Crippen LogP contribution in [0.2, 0.25) is 0 Å². The summed E-state index contributed by atoms with van der Waals surface area (Å²) in [5, 5.41) is 11.4. The predicted octanol–water partition coefficient (Wildman–Crippen LogP) is 4.86. The van der Waals surface area contributed by atoms with Crippen molar-refractivity contribution in [3.05, 3.63) is 94.5 Å². The van der Waals surface area contributed by atoms with Crippen molar-refractivity contribution in [3.8, 4) is 0 Å². The molecule has 0 aliphatic heterocycles. The quantitative estimate of drug-likeness (QED) is 0.470. The highest BCUT2D eigenvalue weighted by molar-refractivity contribution is 7.99. The molecule has 25 heavy (non-hydrogen) atoms. The molecular formula is C19H17N3O2S. The number of benzene rings is 3. The molecule has 126 valence electrons. The van der Waals surface area contributed by atoms with Gasteiger partial charge in [0.05, 0.1) is 9.82 Å². The van der Waals surface area contributed by atoms with Crippen LogP contribution >= 0.6 is 11.8 Å². The van der Waals surface area contributed by atoms with E-state index in [2.05, 4.69) is 10.9 Å². The predicted molar refractivity (Wildman–Crippen MR) is 101 cm³/mol. The number of anilines is 1. The van der Waals surface area contributed by atoms with Gasteiger partial charge < -0.3 is 5.43 Å². The molecule has 6 heteroatoms. The number of hydrazine groups is 1. The molecule has 2 N–H and O–H groups in total. The van der Waals surface area contributed by atoms with Crippen LogP contribution in [0.5, 0.6) is 0 Å². The van der Waals surface area contributed by atoms with Gasteiger partial charge in [-0.05, 0) is 35.9 Å². The van der Waals surface area contributed by atoms with E-state index in [1.54, 1.807) is 12.1 Å². The second-order valence-corrected chi connectivity index (χ2v) is 6.43. The van der Waals surface area contributed by atoms with E-state index in [0.29, 0.717) is 11.4 Å². The molecule has 0 aromatic heterocycles. The van der Waals surface area contributed by atoms with E-state index in [1.165, 1.54) is 11.8 Å².